The van der Waals surface area contributed by atoms with Gasteiger partial charge in [-0.25, -0.2) is 0 Å². The van der Waals surface area contributed by atoms with Crippen LogP contribution in [0.4, 0.5) is 0 Å². The monoisotopic (exact) mass is 326 g/mol. The quantitative estimate of drug-likeness (QED) is 0.461. The molecule has 0 unspecified atom stereocenters. The van der Waals surface area contributed by atoms with Crippen LogP contribution in [0.2, 0.25) is 0 Å². The molecule has 2 nitrogen and oxygen atoms in total. The van der Waals surface area contributed by atoms with Crippen LogP contribution in [-0.4, -0.2) is 55.2 Å². The van der Waals surface area contributed by atoms with E-state index in [1.807, 2.05) is 0 Å². The van der Waals surface area contributed by atoms with Crippen molar-refractivity contribution in [3.05, 3.63) is 0 Å². The summed E-state index contributed by atoms with van der Waals surface area (Å²) < 4.78 is 1.35. The lowest BCUT2D eigenvalue weighted by molar-refractivity contribution is -0.928. The molecule has 0 aliphatic carbocycles. The van der Waals surface area contributed by atoms with E-state index in [1.54, 1.807) is 0 Å². The van der Waals surface area contributed by atoms with E-state index in [0.717, 1.165) is 0 Å². The lowest BCUT2D eigenvalue weighted by atomic mass is 10.2. The lowest BCUT2D eigenvalue weighted by Gasteiger charge is -2.43. The van der Waals surface area contributed by atoms with Gasteiger partial charge in [-0.3, -0.25) is 4.90 Å². The Kier molecular flexibility index (Phi) is 8.19. The normalized spacial score (nSPS) is 21.0. The average molecular weight is 326 g/mol. The van der Waals surface area contributed by atoms with Gasteiger partial charge in [0.1, 0.15) is 0 Å². The number of nitrogens with zero attached hydrogens (tertiary/aromatic N) is 2. The molecule has 0 bridgehead atoms. The first-order chi connectivity index (χ1) is 6.76. The van der Waals surface area contributed by atoms with Crippen molar-refractivity contribution in [1.82, 2.24) is 4.90 Å². The zero-order valence-electron chi connectivity index (χ0n) is 10.6. The molecule has 1 saturated heterocycles. The van der Waals surface area contributed by atoms with E-state index >= 15 is 0 Å². The first-order valence-corrected chi connectivity index (χ1v) is 6.33. The van der Waals surface area contributed by atoms with Crippen LogP contribution in [0.5, 0.6) is 0 Å². The number of quaternary nitrogens is 1. The van der Waals surface area contributed by atoms with Crippen LogP contribution in [0, 0.1) is 0 Å². The predicted octanol–water partition coefficient (Wildman–Crippen LogP) is -1.04. The van der Waals surface area contributed by atoms with Crippen molar-refractivity contribution >= 4 is 0 Å². The van der Waals surface area contributed by atoms with Gasteiger partial charge in [0, 0.05) is 13.1 Å². The van der Waals surface area contributed by atoms with E-state index in [2.05, 4.69) is 25.7 Å². The van der Waals surface area contributed by atoms with Gasteiger partial charge in [0.15, 0.2) is 0 Å². The molecule has 0 aromatic heterocycles. The van der Waals surface area contributed by atoms with E-state index in [4.69, 9.17) is 0 Å². The van der Waals surface area contributed by atoms with Crippen LogP contribution in [0.15, 0.2) is 0 Å². The average Bonchev–Trinajstić information content (AvgIpc) is 2.27. The van der Waals surface area contributed by atoms with Gasteiger partial charge in [0.05, 0.1) is 26.2 Å². The molecule has 0 aromatic carbocycles. The maximum Gasteiger partial charge on any atom is 0.0916 e. The number of rotatable bonds is 5. The van der Waals surface area contributed by atoms with Crippen molar-refractivity contribution in [1.29, 1.82) is 0 Å². The Labute approximate surface area is 113 Å². The summed E-state index contributed by atoms with van der Waals surface area (Å²) in [6.45, 7) is 16.3. The molecule has 1 fully saturated rings. The highest BCUT2D eigenvalue weighted by Gasteiger charge is 2.28. The molecule has 1 heterocycles. The zero-order chi connectivity index (χ0) is 10.4. The molecular weight excluding hydrogens is 299 g/mol. The van der Waals surface area contributed by atoms with Gasteiger partial charge in [-0.1, -0.05) is 13.3 Å². The molecule has 15 heavy (non-hydrogen) atoms. The van der Waals surface area contributed by atoms with Gasteiger partial charge in [-0.2, -0.15) is 0 Å². The Bertz CT molecular complexity index is 148. The van der Waals surface area contributed by atoms with Crippen LogP contribution in [-0.2, 0) is 0 Å². The summed E-state index contributed by atoms with van der Waals surface area (Å²) in [7, 11) is 0. The topological polar surface area (TPSA) is 3.24 Å². The number of hydrogen-bond donors (Lipinski definition) is 0. The minimum Gasteiger partial charge on any atom is -1.00 e. The first kappa shape index (κ1) is 15.7. The van der Waals surface area contributed by atoms with Crippen molar-refractivity contribution in [2.24, 2.45) is 0 Å². The van der Waals surface area contributed by atoms with Crippen molar-refractivity contribution in [3.63, 3.8) is 0 Å². The molecule has 0 aromatic rings. The summed E-state index contributed by atoms with van der Waals surface area (Å²) in [5, 5.41) is 0. The number of halogens is 1. The van der Waals surface area contributed by atoms with Crippen LogP contribution in [0.3, 0.4) is 0 Å². The molecule has 0 amide bonds. The summed E-state index contributed by atoms with van der Waals surface area (Å²) >= 11 is 0. The molecule has 0 spiro atoms. The predicted molar refractivity (Wildman–Crippen MR) is 62.4 cm³/mol. The highest BCUT2D eigenvalue weighted by Crippen LogP contribution is 2.12. The summed E-state index contributed by atoms with van der Waals surface area (Å²) in [6.07, 6.45) is 2.70. The zero-order valence-corrected chi connectivity index (χ0v) is 12.8. The Morgan fingerprint density at radius 3 is 1.93 bits per heavy atom. The van der Waals surface area contributed by atoms with Crippen molar-refractivity contribution < 1.29 is 28.5 Å². The van der Waals surface area contributed by atoms with E-state index < -0.39 is 0 Å². The van der Waals surface area contributed by atoms with Crippen LogP contribution < -0.4 is 24.0 Å². The van der Waals surface area contributed by atoms with Crippen molar-refractivity contribution in [3.8, 4) is 0 Å². The van der Waals surface area contributed by atoms with Gasteiger partial charge < -0.3 is 28.5 Å². The fourth-order valence-corrected chi connectivity index (χ4v) is 2.39. The van der Waals surface area contributed by atoms with E-state index in [1.165, 1.54) is 63.1 Å². The highest BCUT2D eigenvalue weighted by molar-refractivity contribution is 4.63. The summed E-state index contributed by atoms with van der Waals surface area (Å²) in [4.78, 5) is 2.64. The second-order valence-electron chi connectivity index (χ2n) is 4.62. The van der Waals surface area contributed by atoms with Crippen molar-refractivity contribution in [2.45, 2.75) is 33.6 Å². The molecule has 92 valence electrons. The molecule has 3 heteroatoms. The Morgan fingerprint density at radius 2 is 1.53 bits per heavy atom. The maximum atomic E-state index is 2.64. The lowest BCUT2D eigenvalue weighted by Crippen LogP contribution is -3.00. The summed E-state index contributed by atoms with van der Waals surface area (Å²) in [5.41, 5.74) is 0. The fourth-order valence-electron chi connectivity index (χ4n) is 2.39. The largest absolute Gasteiger partial charge is 1.00 e. The smallest absolute Gasteiger partial charge is 0.0916 e. The molecule has 1 rings (SSSR count). The Balaban J connectivity index is 0.00000196. The third-order valence-corrected chi connectivity index (χ3v) is 3.95. The molecule has 0 radical (unpaired) electrons. The van der Waals surface area contributed by atoms with E-state index in [0.29, 0.717) is 0 Å². The maximum absolute atomic E-state index is 2.64. The number of unbranched alkanes of at least 4 members (excludes halogenated alkanes) is 1. The minimum atomic E-state index is 0. The van der Waals surface area contributed by atoms with Gasteiger partial charge in [0.25, 0.3) is 0 Å². The number of hydrogen-bond acceptors (Lipinski definition) is 1. The third kappa shape index (κ3) is 4.57. The fraction of sp³-hybridized carbons (Fsp3) is 1.00. The third-order valence-electron chi connectivity index (χ3n) is 3.95. The molecule has 1 aliphatic rings. The molecule has 0 N–H and O–H groups in total. The van der Waals surface area contributed by atoms with Gasteiger partial charge in [-0.15, -0.1) is 0 Å². The van der Waals surface area contributed by atoms with Gasteiger partial charge in [-0.05, 0) is 26.8 Å². The molecule has 1 aliphatic heterocycles. The highest BCUT2D eigenvalue weighted by atomic mass is 127. The Morgan fingerprint density at radius 1 is 1.00 bits per heavy atom. The van der Waals surface area contributed by atoms with Crippen LogP contribution in [0.25, 0.3) is 0 Å². The van der Waals surface area contributed by atoms with Gasteiger partial charge >= 0.3 is 0 Å². The standard InChI is InChI=1S/C12H27N2.HI/c1-4-7-8-13-9-11-14(5-2,6-3)12-10-13;/h4-12H2,1-3H3;1H/q+1;/p-1. The van der Waals surface area contributed by atoms with Crippen LogP contribution >= 0.6 is 0 Å². The second kappa shape index (κ2) is 7.85. The number of likely N-dealkylation sites (N-methyl/N-ethyl adjacent to an activating group) is 1. The molecule has 0 saturated carbocycles. The first-order valence-electron chi connectivity index (χ1n) is 6.33. The van der Waals surface area contributed by atoms with Crippen molar-refractivity contribution in [2.75, 3.05) is 45.8 Å². The van der Waals surface area contributed by atoms with Crippen LogP contribution in [0.1, 0.15) is 33.6 Å². The van der Waals surface area contributed by atoms with E-state index in [-0.39, 0.29) is 24.0 Å². The summed E-state index contributed by atoms with van der Waals surface area (Å²) in [6, 6.07) is 0. The van der Waals surface area contributed by atoms with Gasteiger partial charge in [0.2, 0.25) is 0 Å². The molecule has 0 atom stereocenters. The van der Waals surface area contributed by atoms with E-state index in [9.17, 15) is 0 Å². The second-order valence-corrected chi connectivity index (χ2v) is 4.62. The Hall–Kier alpha value is 0.650. The minimum absolute atomic E-state index is 0. The SMILES string of the molecule is CCCCN1CC[N+](CC)(CC)CC1.[I-]. The number of piperazine rings is 1. The molecular formula is C12H27IN2. The summed E-state index contributed by atoms with van der Waals surface area (Å²) in [5.74, 6) is 0.